The number of hydrogen-bond donors (Lipinski definition) is 3. The molecular formula is C19H25N5O2. The molecule has 0 bridgehead atoms. The molecule has 0 unspecified atom stereocenters. The van der Waals surface area contributed by atoms with E-state index in [1.165, 1.54) is 0 Å². The Morgan fingerprint density at radius 2 is 2.00 bits per heavy atom. The maximum Gasteiger partial charge on any atom is 0.269 e. The minimum absolute atomic E-state index is 0.0188. The molecule has 0 aromatic carbocycles. The van der Waals surface area contributed by atoms with Gasteiger partial charge in [0.15, 0.2) is 0 Å². The molecule has 2 aromatic heterocycles. The predicted octanol–water partition coefficient (Wildman–Crippen LogP) is 2.22. The average Bonchev–Trinajstić information content (AvgIpc) is 3.20. The van der Waals surface area contributed by atoms with E-state index >= 15 is 0 Å². The second kappa shape index (κ2) is 8.60. The molecule has 26 heavy (non-hydrogen) atoms. The predicted molar refractivity (Wildman–Crippen MR) is 97.2 cm³/mol. The van der Waals surface area contributed by atoms with Crippen LogP contribution in [-0.4, -0.2) is 33.5 Å². The van der Waals surface area contributed by atoms with Gasteiger partial charge in [0.1, 0.15) is 5.69 Å². The molecule has 3 N–H and O–H groups in total. The topological polar surface area (TPSA) is 99.8 Å². The van der Waals surface area contributed by atoms with Crippen molar-refractivity contribution in [3.8, 4) is 0 Å². The molecule has 3 rings (SSSR count). The number of carbonyl (C=O) groups excluding carboxylic acids is 2. The number of nitrogens with zero attached hydrogens (tertiary/aromatic N) is 2. The van der Waals surface area contributed by atoms with Crippen LogP contribution >= 0.6 is 0 Å². The summed E-state index contributed by atoms with van der Waals surface area (Å²) in [4.78, 5) is 28.1. The van der Waals surface area contributed by atoms with Crippen LogP contribution in [0.15, 0.2) is 36.7 Å². The first-order valence-corrected chi connectivity index (χ1v) is 9.09. The highest BCUT2D eigenvalue weighted by molar-refractivity contribution is 5.92. The summed E-state index contributed by atoms with van der Waals surface area (Å²) in [5.41, 5.74) is 1.33. The molecule has 7 nitrogen and oxygen atoms in total. The lowest BCUT2D eigenvalue weighted by Crippen LogP contribution is -2.37. The third-order valence-corrected chi connectivity index (χ3v) is 5.04. The maximum absolute atomic E-state index is 12.5. The molecule has 0 saturated heterocycles. The van der Waals surface area contributed by atoms with Crippen LogP contribution in [0.4, 0.5) is 0 Å². The zero-order valence-corrected chi connectivity index (χ0v) is 14.9. The van der Waals surface area contributed by atoms with Gasteiger partial charge in [-0.3, -0.25) is 19.7 Å². The molecule has 2 aromatic rings. The quantitative estimate of drug-likeness (QED) is 0.740. The van der Waals surface area contributed by atoms with Crippen LogP contribution in [0, 0.1) is 11.8 Å². The maximum atomic E-state index is 12.5. The van der Waals surface area contributed by atoms with Crippen molar-refractivity contribution < 1.29 is 9.59 Å². The average molecular weight is 355 g/mol. The Labute approximate surface area is 153 Å². The van der Waals surface area contributed by atoms with Gasteiger partial charge in [-0.2, -0.15) is 5.10 Å². The van der Waals surface area contributed by atoms with Gasteiger partial charge in [-0.15, -0.1) is 0 Å². The standard InChI is InChI=1S/C19H25N5O2/c1-13(25)21-12-14-5-7-15(8-6-14)18(16-4-2-3-10-20-16)23-19(26)17-9-11-22-24-17/h2-4,9-11,14-15,18H,5-8,12H2,1H3,(H,21,25)(H,22,24)(H,23,26)/t14?,15?,18-/m0/s1. The normalized spacial score (nSPS) is 21.0. The highest BCUT2D eigenvalue weighted by Gasteiger charge is 2.31. The third kappa shape index (κ3) is 4.68. The van der Waals surface area contributed by atoms with Crippen LogP contribution in [0.2, 0.25) is 0 Å². The Morgan fingerprint density at radius 1 is 1.19 bits per heavy atom. The Bertz CT molecular complexity index is 709. The molecule has 0 spiro atoms. The monoisotopic (exact) mass is 355 g/mol. The van der Waals surface area contributed by atoms with Crippen molar-refractivity contribution in [2.24, 2.45) is 11.8 Å². The molecule has 0 radical (unpaired) electrons. The number of pyridine rings is 1. The smallest absolute Gasteiger partial charge is 0.269 e. The van der Waals surface area contributed by atoms with Gasteiger partial charge in [-0.1, -0.05) is 6.07 Å². The van der Waals surface area contributed by atoms with E-state index in [0.717, 1.165) is 37.9 Å². The van der Waals surface area contributed by atoms with Gasteiger partial charge in [0.25, 0.3) is 5.91 Å². The molecule has 1 aliphatic rings. The molecule has 1 aliphatic carbocycles. The van der Waals surface area contributed by atoms with Crippen LogP contribution in [0.3, 0.4) is 0 Å². The Balaban J connectivity index is 1.67. The van der Waals surface area contributed by atoms with Gasteiger partial charge in [-0.25, -0.2) is 0 Å². The van der Waals surface area contributed by atoms with E-state index in [4.69, 9.17) is 0 Å². The molecular weight excluding hydrogens is 330 g/mol. The molecule has 138 valence electrons. The molecule has 1 fully saturated rings. The highest BCUT2D eigenvalue weighted by Crippen LogP contribution is 2.36. The summed E-state index contributed by atoms with van der Waals surface area (Å²) in [5, 5.41) is 12.6. The molecule has 7 heteroatoms. The molecule has 1 saturated carbocycles. The van der Waals surface area contributed by atoms with E-state index < -0.39 is 0 Å². The Hall–Kier alpha value is -2.70. The van der Waals surface area contributed by atoms with Gasteiger partial charge < -0.3 is 10.6 Å². The van der Waals surface area contributed by atoms with Crippen molar-refractivity contribution >= 4 is 11.8 Å². The molecule has 1 atom stereocenters. The zero-order chi connectivity index (χ0) is 18.4. The number of carbonyl (C=O) groups is 2. The summed E-state index contributed by atoms with van der Waals surface area (Å²) in [5.74, 6) is 0.678. The fourth-order valence-electron chi connectivity index (χ4n) is 3.61. The highest BCUT2D eigenvalue weighted by atomic mass is 16.2. The van der Waals surface area contributed by atoms with E-state index in [0.29, 0.717) is 17.5 Å². The van der Waals surface area contributed by atoms with Gasteiger partial charge >= 0.3 is 0 Å². The lowest BCUT2D eigenvalue weighted by molar-refractivity contribution is -0.119. The molecule has 2 heterocycles. The van der Waals surface area contributed by atoms with Crippen molar-refractivity contribution in [2.75, 3.05) is 6.54 Å². The van der Waals surface area contributed by atoms with E-state index in [2.05, 4.69) is 25.8 Å². The van der Waals surface area contributed by atoms with Crippen LogP contribution in [-0.2, 0) is 4.79 Å². The van der Waals surface area contributed by atoms with Gasteiger partial charge in [0.2, 0.25) is 5.91 Å². The number of H-pyrrole nitrogens is 1. The second-order valence-electron chi connectivity index (χ2n) is 6.89. The zero-order valence-electron chi connectivity index (χ0n) is 14.9. The fraction of sp³-hybridized carbons (Fsp3) is 0.474. The number of rotatable bonds is 6. The van der Waals surface area contributed by atoms with Crippen LogP contribution in [0.5, 0.6) is 0 Å². The first-order chi connectivity index (χ1) is 12.6. The molecule has 0 aliphatic heterocycles. The van der Waals surface area contributed by atoms with E-state index in [1.54, 1.807) is 25.4 Å². The number of aromatic nitrogens is 3. The number of aromatic amines is 1. The van der Waals surface area contributed by atoms with Crippen molar-refractivity contribution in [2.45, 2.75) is 38.6 Å². The van der Waals surface area contributed by atoms with Crippen molar-refractivity contribution in [3.05, 3.63) is 48.0 Å². The van der Waals surface area contributed by atoms with Gasteiger partial charge in [0.05, 0.1) is 11.7 Å². The summed E-state index contributed by atoms with van der Waals surface area (Å²) in [6, 6.07) is 7.31. The summed E-state index contributed by atoms with van der Waals surface area (Å²) in [6.07, 6.45) is 7.39. The van der Waals surface area contributed by atoms with Crippen LogP contribution < -0.4 is 10.6 Å². The number of amides is 2. The lowest BCUT2D eigenvalue weighted by Gasteiger charge is -2.34. The van der Waals surface area contributed by atoms with Crippen molar-refractivity contribution in [1.29, 1.82) is 0 Å². The summed E-state index contributed by atoms with van der Waals surface area (Å²) in [6.45, 7) is 2.28. The Morgan fingerprint density at radius 3 is 2.62 bits per heavy atom. The van der Waals surface area contributed by atoms with Crippen molar-refractivity contribution in [1.82, 2.24) is 25.8 Å². The lowest BCUT2D eigenvalue weighted by atomic mass is 9.77. The van der Waals surface area contributed by atoms with E-state index in [-0.39, 0.29) is 17.9 Å². The second-order valence-corrected chi connectivity index (χ2v) is 6.89. The van der Waals surface area contributed by atoms with Crippen molar-refractivity contribution in [3.63, 3.8) is 0 Å². The van der Waals surface area contributed by atoms with E-state index in [1.807, 2.05) is 18.2 Å². The first-order valence-electron chi connectivity index (χ1n) is 9.09. The summed E-state index contributed by atoms with van der Waals surface area (Å²) in [7, 11) is 0. The molecule has 2 amide bonds. The minimum atomic E-state index is -0.168. The third-order valence-electron chi connectivity index (χ3n) is 5.04. The van der Waals surface area contributed by atoms with E-state index in [9.17, 15) is 9.59 Å². The minimum Gasteiger partial charge on any atom is -0.356 e. The summed E-state index contributed by atoms with van der Waals surface area (Å²) >= 11 is 0. The van der Waals surface area contributed by atoms with Crippen LogP contribution in [0.25, 0.3) is 0 Å². The Kier molecular flexibility index (Phi) is 5.99. The summed E-state index contributed by atoms with van der Waals surface area (Å²) < 4.78 is 0. The van der Waals surface area contributed by atoms with Gasteiger partial charge in [-0.05, 0) is 55.7 Å². The SMILES string of the molecule is CC(=O)NCC1CCC([C@H](NC(=O)c2ccn[nH]2)c2ccccn2)CC1. The fourth-order valence-corrected chi connectivity index (χ4v) is 3.61. The largest absolute Gasteiger partial charge is 0.356 e. The number of hydrogen-bond acceptors (Lipinski definition) is 4. The first kappa shape index (κ1) is 18.1. The number of nitrogens with one attached hydrogen (secondary N) is 3. The van der Waals surface area contributed by atoms with Gasteiger partial charge in [0, 0.05) is 25.9 Å². The van der Waals surface area contributed by atoms with Crippen LogP contribution in [0.1, 0.15) is 54.8 Å².